The van der Waals surface area contributed by atoms with Crippen molar-refractivity contribution in [2.45, 2.75) is 19.9 Å². The number of hydrogen-bond acceptors (Lipinski definition) is 2. The molecule has 0 aromatic heterocycles. The number of rotatable bonds is 3. The molecule has 1 N–H and O–H groups in total. The molecule has 0 aliphatic heterocycles. The highest BCUT2D eigenvalue weighted by molar-refractivity contribution is 6.40. The molecule has 3 heteroatoms. The summed E-state index contributed by atoms with van der Waals surface area (Å²) >= 11 is 0. The van der Waals surface area contributed by atoms with Crippen LogP contribution < -0.4 is 0 Å². The van der Waals surface area contributed by atoms with E-state index in [9.17, 15) is 0 Å². The Morgan fingerprint density at radius 2 is 2.29 bits per heavy atom. The Morgan fingerprint density at radius 3 is 2.43 bits per heavy atom. The van der Waals surface area contributed by atoms with Gasteiger partial charge in [0.2, 0.25) is 0 Å². The van der Waals surface area contributed by atoms with Gasteiger partial charge in [-0.1, -0.05) is 6.92 Å². The average molecular weight is 119 g/mol. The van der Waals surface area contributed by atoms with Crippen molar-refractivity contribution < 1.29 is 9.22 Å². The standard InChI is InChI=1S/C4H11O2Si/c1-3-4-6-7(2)5/h5H,3-4H2,1-2H3. The molecule has 0 aromatic rings. The second-order valence-corrected chi connectivity index (χ2v) is 2.69. The first-order chi connectivity index (χ1) is 3.27. The van der Waals surface area contributed by atoms with Gasteiger partial charge in [-0.2, -0.15) is 0 Å². The van der Waals surface area contributed by atoms with Crippen LogP contribution in [0.1, 0.15) is 13.3 Å². The Morgan fingerprint density at radius 1 is 1.71 bits per heavy atom. The molecule has 0 saturated heterocycles. The fourth-order valence-corrected chi connectivity index (χ4v) is 0.749. The van der Waals surface area contributed by atoms with Gasteiger partial charge in [0.1, 0.15) is 0 Å². The lowest BCUT2D eigenvalue weighted by Gasteiger charge is -1.98. The molecule has 1 radical (unpaired) electrons. The van der Waals surface area contributed by atoms with Crippen molar-refractivity contribution in [3.05, 3.63) is 0 Å². The minimum absolute atomic E-state index is 0.696. The first-order valence-electron chi connectivity index (χ1n) is 2.42. The van der Waals surface area contributed by atoms with Crippen molar-refractivity contribution in [3.8, 4) is 0 Å². The van der Waals surface area contributed by atoms with Crippen molar-refractivity contribution >= 4 is 9.28 Å². The highest BCUT2D eigenvalue weighted by Crippen LogP contribution is 1.81. The Kier molecular flexibility index (Phi) is 4.38. The van der Waals surface area contributed by atoms with Crippen LogP contribution in [0.15, 0.2) is 0 Å². The molecule has 0 spiro atoms. The van der Waals surface area contributed by atoms with Gasteiger partial charge in [0.15, 0.2) is 0 Å². The monoisotopic (exact) mass is 119 g/mol. The normalized spacial score (nSPS) is 10.3. The zero-order valence-corrected chi connectivity index (χ0v) is 5.77. The first kappa shape index (κ1) is 7.14. The Bertz CT molecular complexity index is 38.7. The topological polar surface area (TPSA) is 29.5 Å². The second-order valence-electron chi connectivity index (χ2n) is 1.37. The molecule has 0 heterocycles. The van der Waals surface area contributed by atoms with E-state index < -0.39 is 9.28 Å². The van der Waals surface area contributed by atoms with E-state index in [0.29, 0.717) is 6.61 Å². The summed E-state index contributed by atoms with van der Waals surface area (Å²) in [4.78, 5) is 8.56. The van der Waals surface area contributed by atoms with Crippen molar-refractivity contribution in [1.82, 2.24) is 0 Å². The van der Waals surface area contributed by atoms with Gasteiger partial charge in [-0.25, -0.2) is 0 Å². The molecule has 43 valence electrons. The van der Waals surface area contributed by atoms with Gasteiger partial charge in [0.25, 0.3) is 0 Å². The van der Waals surface area contributed by atoms with E-state index in [4.69, 9.17) is 9.22 Å². The first-order valence-corrected chi connectivity index (χ1v) is 4.28. The quantitative estimate of drug-likeness (QED) is 0.549. The van der Waals surface area contributed by atoms with Gasteiger partial charge in [-0.05, 0) is 13.0 Å². The predicted molar refractivity (Wildman–Crippen MR) is 30.1 cm³/mol. The van der Waals surface area contributed by atoms with E-state index in [1.54, 1.807) is 6.55 Å². The summed E-state index contributed by atoms with van der Waals surface area (Å²) in [6.07, 6.45) is 0.989. The van der Waals surface area contributed by atoms with E-state index >= 15 is 0 Å². The molecule has 0 amide bonds. The minimum Gasteiger partial charge on any atom is -0.410 e. The van der Waals surface area contributed by atoms with Crippen molar-refractivity contribution in [2.75, 3.05) is 6.61 Å². The van der Waals surface area contributed by atoms with Gasteiger partial charge in [-0.3, -0.25) is 0 Å². The minimum atomic E-state index is -1.40. The summed E-state index contributed by atoms with van der Waals surface area (Å²) in [7, 11) is -1.40. The van der Waals surface area contributed by atoms with Crippen molar-refractivity contribution in [1.29, 1.82) is 0 Å². The van der Waals surface area contributed by atoms with E-state index in [1.807, 2.05) is 6.92 Å². The van der Waals surface area contributed by atoms with Crippen molar-refractivity contribution in [3.63, 3.8) is 0 Å². The molecule has 0 unspecified atom stereocenters. The zero-order chi connectivity index (χ0) is 5.70. The molecular weight excluding hydrogens is 108 g/mol. The molecule has 7 heavy (non-hydrogen) atoms. The van der Waals surface area contributed by atoms with Gasteiger partial charge >= 0.3 is 9.28 Å². The maximum absolute atomic E-state index is 8.56. The molecule has 0 aromatic carbocycles. The Hall–Kier alpha value is 0.137. The maximum atomic E-state index is 8.56. The second kappa shape index (κ2) is 4.30. The largest absolute Gasteiger partial charge is 0.410 e. The van der Waals surface area contributed by atoms with Crippen LogP contribution in [0.2, 0.25) is 6.55 Å². The molecule has 0 fully saturated rings. The Labute approximate surface area is 46.0 Å². The van der Waals surface area contributed by atoms with Crippen LogP contribution in [0.3, 0.4) is 0 Å². The summed E-state index contributed by atoms with van der Waals surface area (Å²) in [6.45, 7) is 4.42. The van der Waals surface area contributed by atoms with Crippen LogP contribution in [-0.4, -0.2) is 20.7 Å². The molecule has 2 nitrogen and oxygen atoms in total. The van der Waals surface area contributed by atoms with Crippen LogP contribution >= 0.6 is 0 Å². The summed E-state index contributed by atoms with van der Waals surface area (Å²) in [5.41, 5.74) is 0. The van der Waals surface area contributed by atoms with E-state index in [2.05, 4.69) is 0 Å². The molecule has 0 atom stereocenters. The molecule has 0 bridgehead atoms. The molecule has 0 aliphatic carbocycles. The van der Waals surface area contributed by atoms with E-state index in [-0.39, 0.29) is 0 Å². The van der Waals surface area contributed by atoms with Crippen LogP contribution in [-0.2, 0) is 4.43 Å². The van der Waals surface area contributed by atoms with Crippen LogP contribution in [0.25, 0.3) is 0 Å². The number of hydrogen-bond donors (Lipinski definition) is 1. The van der Waals surface area contributed by atoms with Gasteiger partial charge in [0.05, 0.1) is 0 Å². The summed E-state index contributed by atoms with van der Waals surface area (Å²) in [6, 6.07) is 0. The van der Waals surface area contributed by atoms with Crippen LogP contribution in [0, 0.1) is 0 Å². The zero-order valence-electron chi connectivity index (χ0n) is 4.77. The van der Waals surface area contributed by atoms with Gasteiger partial charge in [-0.15, -0.1) is 0 Å². The van der Waals surface area contributed by atoms with Gasteiger partial charge in [0, 0.05) is 6.61 Å². The van der Waals surface area contributed by atoms with Crippen LogP contribution in [0.5, 0.6) is 0 Å². The lowest BCUT2D eigenvalue weighted by Crippen LogP contribution is -2.12. The average Bonchev–Trinajstić information content (AvgIpc) is 1.61. The van der Waals surface area contributed by atoms with E-state index in [0.717, 1.165) is 6.42 Å². The molecular formula is C4H11O2Si. The SMILES string of the molecule is CCCO[Si](C)O. The third-order valence-corrected chi connectivity index (χ3v) is 1.14. The summed E-state index contributed by atoms with van der Waals surface area (Å²) in [5, 5.41) is 0. The lowest BCUT2D eigenvalue weighted by atomic mass is 10.5. The Balaban J connectivity index is 2.68. The highest BCUT2D eigenvalue weighted by atomic mass is 28.3. The van der Waals surface area contributed by atoms with Gasteiger partial charge < -0.3 is 9.22 Å². The third kappa shape index (κ3) is 6.14. The fraction of sp³-hybridized carbons (Fsp3) is 1.00. The summed E-state index contributed by atoms with van der Waals surface area (Å²) in [5.74, 6) is 0. The predicted octanol–water partition coefficient (Wildman–Crippen LogP) is 0.523. The highest BCUT2D eigenvalue weighted by Gasteiger charge is 1.96. The maximum Gasteiger partial charge on any atom is 0.378 e. The van der Waals surface area contributed by atoms with E-state index in [1.165, 1.54) is 0 Å². The fourth-order valence-electron chi connectivity index (χ4n) is 0.250. The molecule has 0 saturated carbocycles. The lowest BCUT2D eigenvalue weighted by molar-refractivity contribution is 0.265. The third-order valence-electron chi connectivity index (χ3n) is 0.515. The van der Waals surface area contributed by atoms with Crippen LogP contribution in [0.4, 0.5) is 0 Å². The van der Waals surface area contributed by atoms with Crippen molar-refractivity contribution in [2.24, 2.45) is 0 Å². The summed E-state index contributed by atoms with van der Waals surface area (Å²) < 4.78 is 4.85. The molecule has 0 aliphatic rings. The molecule has 0 rings (SSSR count). The smallest absolute Gasteiger partial charge is 0.378 e.